The molecule has 1 aliphatic carbocycles. The summed E-state index contributed by atoms with van der Waals surface area (Å²) < 4.78 is 0. The molecule has 4 rings (SSSR count). The Kier molecular flexibility index (Phi) is 3.18. The van der Waals surface area contributed by atoms with Crippen molar-refractivity contribution in [2.75, 3.05) is 5.32 Å². The standard InChI is InChI=1S/C19H18N2O2/c1-12-5-10-16-15-3-2-4-17(15)19(20-18(16)11-12)13-6-8-14(9-7-13)21(22)23/h2-3,5-11,15,17,19-20H,4H2,1H3/t15-,17+,19+/m1/s1. The third-order valence-corrected chi connectivity index (χ3v) is 4.98. The smallest absolute Gasteiger partial charge is 0.269 e. The van der Waals surface area contributed by atoms with Crippen molar-refractivity contribution in [2.24, 2.45) is 5.92 Å². The number of non-ortho nitro benzene ring substituents is 1. The molecule has 4 nitrogen and oxygen atoms in total. The highest BCUT2D eigenvalue weighted by Crippen LogP contribution is 2.49. The first-order chi connectivity index (χ1) is 11.1. The van der Waals surface area contributed by atoms with Crippen molar-refractivity contribution >= 4 is 11.4 Å². The molecule has 1 heterocycles. The highest BCUT2D eigenvalue weighted by atomic mass is 16.6. The Hall–Kier alpha value is -2.62. The Morgan fingerprint density at radius 3 is 2.70 bits per heavy atom. The van der Waals surface area contributed by atoms with Crippen LogP contribution in [0.1, 0.15) is 35.1 Å². The predicted octanol–water partition coefficient (Wildman–Crippen LogP) is 4.73. The molecule has 116 valence electrons. The van der Waals surface area contributed by atoms with Crippen LogP contribution in [0.5, 0.6) is 0 Å². The van der Waals surface area contributed by atoms with Gasteiger partial charge in [-0.25, -0.2) is 0 Å². The summed E-state index contributed by atoms with van der Waals surface area (Å²) in [6, 6.07) is 13.7. The van der Waals surface area contributed by atoms with Gasteiger partial charge in [0.05, 0.1) is 11.0 Å². The number of aryl methyl sites for hydroxylation is 1. The van der Waals surface area contributed by atoms with Crippen LogP contribution in [-0.4, -0.2) is 4.92 Å². The minimum Gasteiger partial charge on any atom is -0.378 e. The largest absolute Gasteiger partial charge is 0.378 e. The highest BCUT2D eigenvalue weighted by molar-refractivity contribution is 5.61. The van der Waals surface area contributed by atoms with Gasteiger partial charge in [0.1, 0.15) is 0 Å². The van der Waals surface area contributed by atoms with E-state index in [1.165, 1.54) is 16.8 Å². The lowest BCUT2D eigenvalue weighted by Crippen LogP contribution is -2.29. The van der Waals surface area contributed by atoms with Gasteiger partial charge in [-0.2, -0.15) is 0 Å². The van der Waals surface area contributed by atoms with Crippen molar-refractivity contribution in [1.82, 2.24) is 0 Å². The van der Waals surface area contributed by atoms with E-state index >= 15 is 0 Å². The fourth-order valence-corrected chi connectivity index (χ4v) is 3.84. The number of hydrogen-bond acceptors (Lipinski definition) is 3. The molecule has 3 atom stereocenters. The van der Waals surface area contributed by atoms with Crippen LogP contribution in [0.25, 0.3) is 0 Å². The van der Waals surface area contributed by atoms with Crippen molar-refractivity contribution in [3.05, 3.63) is 81.4 Å². The first kappa shape index (κ1) is 14.0. The minimum absolute atomic E-state index is 0.141. The molecule has 0 spiro atoms. The molecular weight excluding hydrogens is 288 g/mol. The Balaban J connectivity index is 1.73. The molecule has 4 heteroatoms. The van der Waals surface area contributed by atoms with Gasteiger partial charge >= 0.3 is 0 Å². The van der Waals surface area contributed by atoms with Crippen LogP contribution in [0.2, 0.25) is 0 Å². The van der Waals surface area contributed by atoms with E-state index in [2.05, 4.69) is 42.6 Å². The molecule has 2 aromatic carbocycles. The van der Waals surface area contributed by atoms with Crippen LogP contribution in [0.15, 0.2) is 54.6 Å². The summed E-state index contributed by atoms with van der Waals surface area (Å²) in [5.74, 6) is 0.888. The van der Waals surface area contributed by atoms with E-state index in [9.17, 15) is 10.1 Å². The molecule has 0 fully saturated rings. The average molecular weight is 306 g/mol. The molecule has 0 radical (unpaired) electrons. The molecule has 1 N–H and O–H groups in total. The molecule has 0 bridgehead atoms. The van der Waals surface area contributed by atoms with Gasteiger partial charge in [-0.15, -0.1) is 0 Å². The Bertz CT molecular complexity index is 796. The Morgan fingerprint density at radius 1 is 1.17 bits per heavy atom. The van der Waals surface area contributed by atoms with Gasteiger partial charge in [-0.1, -0.05) is 36.4 Å². The summed E-state index contributed by atoms with van der Waals surface area (Å²) in [4.78, 5) is 10.5. The molecule has 0 unspecified atom stereocenters. The van der Waals surface area contributed by atoms with Crippen molar-refractivity contribution in [3.8, 4) is 0 Å². The zero-order chi connectivity index (χ0) is 16.0. The van der Waals surface area contributed by atoms with Gasteiger partial charge in [0.2, 0.25) is 0 Å². The van der Waals surface area contributed by atoms with Gasteiger partial charge in [0, 0.05) is 23.7 Å². The van der Waals surface area contributed by atoms with E-state index in [0.29, 0.717) is 11.8 Å². The van der Waals surface area contributed by atoms with Gasteiger partial charge < -0.3 is 5.32 Å². The number of nitrogens with one attached hydrogen (secondary N) is 1. The van der Waals surface area contributed by atoms with E-state index in [4.69, 9.17) is 0 Å². The fraction of sp³-hybridized carbons (Fsp3) is 0.263. The lowest BCUT2D eigenvalue weighted by Gasteiger charge is -2.37. The number of nitrogens with zero attached hydrogens (tertiary/aromatic N) is 1. The summed E-state index contributed by atoms with van der Waals surface area (Å²) in [6.45, 7) is 2.10. The van der Waals surface area contributed by atoms with Crippen molar-refractivity contribution in [2.45, 2.75) is 25.3 Å². The number of benzene rings is 2. The predicted molar refractivity (Wildman–Crippen MR) is 90.6 cm³/mol. The molecule has 0 saturated heterocycles. The summed E-state index contributed by atoms with van der Waals surface area (Å²) >= 11 is 0. The maximum absolute atomic E-state index is 10.9. The number of nitro benzene ring substituents is 1. The quantitative estimate of drug-likeness (QED) is 0.496. The van der Waals surface area contributed by atoms with Gasteiger partial charge in [0.15, 0.2) is 0 Å². The first-order valence-electron chi connectivity index (χ1n) is 7.91. The maximum Gasteiger partial charge on any atom is 0.269 e. The zero-order valence-electron chi connectivity index (χ0n) is 12.9. The van der Waals surface area contributed by atoms with E-state index in [1.807, 2.05) is 12.1 Å². The third kappa shape index (κ3) is 2.31. The van der Waals surface area contributed by atoms with Crippen LogP contribution in [0.3, 0.4) is 0 Å². The van der Waals surface area contributed by atoms with Gasteiger partial charge in [-0.3, -0.25) is 10.1 Å². The normalized spacial score (nSPS) is 24.7. The first-order valence-corrected chi connectivity index (χ1v) is 7.91. The van der Waals surface area contributed by atoms with Crippen LogP contribution >= 0.6 is 0 Å². The lowest BCUT2D eigenvalue weighted by atomic mass is 9.77. The van der Waals surface area contributed by atoms with Crippen LogP contribution in [-0.2, 0) is 0 Å². The Morgan fingerprint density at radius 2 is 1.96 bits per heavy atom. The SMILES string of the molecule is Cc1ccc2c(c1)N[C@@H](c1ccc([N+](=O)[O-])cc1)[C@H]1CC=C[C@H]21. The third-order valence-electron chi connectivity index (χ3n) is 4.98. The van der Waals surface area contributed by atoms with E-state index < -0.39 is 0 Å². The molecule has 23 heavy (non-hydrogen) atoms. The second-order valence-electron chi connectivity index (χ2n) is 6.41. The Labute approximate surface area is 135 Å². The number of nitro groups is 1. The fourth-order valence-electron chi connectivity index (χ4n) is 3.84. The topological polar surface area (TPSA) is 55.2 Å². The zero-order valence-corrected chi connectivity index (χ0v) is 12.9. The minimum atomic E-state index is -0.351. The summed E-state index contributed by atoms with van der Waals surface area (Å²) in [6.07, 6.45) is 5.59. The van der Waals surface area contributed by atoms with Crippen molar-refractivity contribution in [1.29, 1.82) is 0 Å². The second-order valence-corrected chi connectivity index (χ2v) is 6.41. The summed E-state index contributed by atoms with van der Waals surface area (Å²) in [5, 5.41) is 14.5. The van der Waals surface area contributed by atoms with Crippen molar-refractivity contribution < 1.29 is 4.92 Å². The highest BCUT2D eigenvalue weighted by Gasteiger charge is 2.37. The second kappa shape index (κ2) is 5.23. The van der Waals surface area contributed by atoms with E-state index in [0.717, 1.165) is 12.0 Å². The van der Waals surface area contributed by atoms with Crippen molar-refractivity contribution in [3.63, 3.8) is 0 Å². The lowest BCUT2D eigenvalue weighted by molar-refractivity contribution is -0.384. The molecule has 0 aromatic heterocycles. The average Bonchev–Trinajstić information content (AvgIpc) is 3.03. The number of fused-ring (bicyclic) bond motifs is 3. The van der Waals surface area contributed by atoms with Crippen LogP contribution in [0.4, 0.5) is 11.4 Å². The van der Waals surface area contributed by atoms with Gasteiger partial charge in [0.25, 0.3) is 5.69 Å². The van der Waals surface area contributed by atoms with E-state index in [1.54, 1.807) is 12.1 Å². The molecular formula is C19H18N2O2. The monoisotopic (exact) mass is 306 g/mol. The maximum atomic E-state index is 10.9. The summed E-state index contributed by atoms with van der Waals surface area (Å²) in [5.41, 5.74) is 5.02. The number of allylic oxidation sites excluding steroid dienone is 2. The number of rotatable bonds is 2. The van der Waals surface area contributed by atoms with E-state index in [-0.39, 0.29) is 16.7 Å². The molecule has 0 saturated carbocycles. The van der Waals surface area contributed by atoms with Gasteiger partial charge in [-0.05, 0) is 42.0 Å². The molecule has 2 aromatic rings. The molecule has 1 aliphatic heterocycles. The van der Waals surface area contributed by atoms with Crippen LogP contribution in [0, 0.1) is 23.0 Å². The number of anilines is 1. The summed E-state index contributed by atoms with van der Waals surface area (Å²) in [7, 11) is 0. The molecule has 0 amide bonds. The number of hydrogen-bond donors (Lipinski definition) is 1. The van der Waals surface area contributed by atoms with Crippen LogP contribution < -0.4 is 5.32 Å². The molecule has 2 aliphatic rings.